The van der Waals surface area contributed by atoms with Crippen LogP contribution in [-0.2, 0) is 0 Å². The molecule has 1 aromatic rings. The number of benzene rings is 1. The van der Waals surface area contributed by atoms with E-state index in [0.29, 0.717) is 18.0 Å². The minimum absolute atomic E-state index is 0.102. The summed E-state index contributed by atoms with van der Waals surface area (Å²) in [4.78, 5) is 10.4. The van der Waals surface area contributed by atoms with Gasteiger partial charge in [-0.25, -0.2) is 0 Å². The maximum absolute atomic E-state index is 11.0. The highest BCUT2D eigenvalue weighted by atomic mass is 16.6. The Bertz CT molecular complexity index is 494. The molecule has 102 valence electrons. The molecule has 6 nitrogen and oxygen atoms in total. The van der Waals surface area contributed by atoms with Gasteiger partial charge in [-0.3, -0.25) is 10.1 Å². The first kappa shape index (κ1) is 14.9. The Morgan fingerprint density at radius 3 is 2.68 bits per heavy atom. The minimum atomic E-state index is -0.535. The third-order valence-corrected chi connectivity index (χ3v) is 2.66. The highest BCUT2D eigenvalue weighted by Crippen LogP contribution is 2.26. The average molecular weight is 263 g/mol. The van der Waals surface area contributed by atoms with Crippen LogP contribution in [0.2, 0.25) is 0 Å². The summed E-state index contributed by atoms with van der Waals surface area (Å²) in [5, 5.41) is 32.0. The topological polar surface area (TPSA) is 99.2 Å². The number of nitro benzene ring substituents is 1. The molecule has 1 unspecified atom stereocenters. The molecule has 0 heterocycles. The molecular formula is C13H17N3O3. The van der Waals surface area contributed by atoms with E-state index in [1.54, 1.807) is 0 Å². The number of nitriles is 1. The Morgan fingerprint density at radius 2 is 2.21 bits per heavy atom. The number of aliphatic hydroxyl groups is 1. The Labute approximate surface area is 111 Å². The average Bonchev–Trinajstić information content (AvgIpc) is 2.37. The molecule has 0 aliphatic heterocycles. The Morgan fingerprint density at radius 1 is 1.53 bits per heavy atom. The fourth-order valence-electron chi connectivity index (χ4n) is 1.84. The summed E-state index contributed by atoms with van der Waals surface area (Å²) in [6.07, 6.45) is 0.702. The number of hydrogen-bond donors (Lipinski definition) is 2. The maximum atomic E-state index is 11.0. The Kier molecular flexibility index (Phi) is 5.27. The number of nitrogens with one attached hydrogen (secondary N) is 1. The first-order valence-corrected chi connectivity index (χ1v) is 6.03. The van der Waals surface area contributed by atoms with E-state index in [4.69, 9.17) is 5.26 Å². The van der Waals surface area contributed by atoms with Gasteiger partial charge in [0.1, 0.15) is 5.69 Å². The van der Waals surface area contributed by atoms with Gasteiger partial charge >= 0.3 is 0 Å². The van der Waals surface area contributed by atoms with Crippen LogP contribution in [-0.4, -0.2) is 22.7 Å². The molecule has 0 aromatic heterocycles. The summed E-state index contributed by atoms with van der Waals surface area (Å²) >= 11 is 0. The molecule has 0 amide bonds. The monoisotopic (exact) mass is 263 g/mol. The quantitative estimate of drug-likeness (QED) is 0.606. The summed E-state index contributed by atoms with van der Waals surface area (Å²) in [7, 11) is 0. The number of aliphatic hydroxyl groups excluding tert-OH is 1. The Balaban J connectivity index is 2.99. The second-order valence-electron chi connectivity index (χ2n) is 4.75. The summed E-state index contributed by atoms with van der Waals surface area (Å²) in [5.41, 5.74) is 0.409. The van der Waals surface area contributed by atoms with Gasteiger partial charge in [-0.2, -0.15) is 5.26 Å². The van der Waals surface area contributed by atoms with Crippen LogP contribution in [0.5, 0.6) is 0 Å². The van der Waals surface area contributed by atoms with Gasteiger partial charge in [-0.05, 0) is 24.5 Å². The van der Waals surface area contributed by atoms with Gasteiger partial charge in [-0.15, -0.1) is 0 Å². The number of rotatable bonds is 6. The molecule has 2 N–H and O–H groups in total. The van der Waals surface area contributed by atoms with E-state index in [-0.39, 0.29) is 23.9 Å². The number of anilines is 1. The van der Waals surface area contributed by atoms with Crippen molar-refractivity contribution < 1.29 is 10.0 Å². The molecule has 0 bridgehead atoms. The SMILES string of the molecule is CC(C)CC(CO)Nc1ccc(C#N)cc1[N+](=O)[O-]. The fourth-order valence-corrected chi connectivity index (χ4v) is 1.84. The third-order valence-electron chi connectivity index (χ3n) is 2.66. The first-order valence-electron chi connectivity index (χ1n) is 6.03. The maximum Gasteiger partial charge on any atom is 0.293 e. The molecule has 1 aromatic carbocycles. The molecule has 0 aliphatic rings. The van der Waals surface area contributed by atoms with Crippen LogP contribution in [0.4, 0.5) is 11.4 Å². The number of nitrogens with zero attached hydrogens (tertiary/aromatic N) is 2. The van der Waals surface area contributed by atoms with E-state index in [9.17, 15) is 15.2 Å². The van der Waals surface area contributed by atoms with Gasteiger partial charge in [0.15, 0.2) is 0 Å². The van der Waals surface area contributed by atoms with Crippen molar-refractivity contribution in [3.05, 3.63) is 33.9 Å². The number of nitro groups is 1. The molecule has 0 radical (unpaired) electrons. The Hall–Kier alpha value is -2.13. The van der Waals surface area contributed by atoms with Gasteiger partial charge in [0.05, 0.1) is 23.2 Å². The molecule has 0 spiro atoms. The van der Waals surface area contributed by atoms with E-state index in [2.05, 4.69) is 5.32 Å². The summed E-state index contributed by atoms with van der Waals surface area (Å²) in [5.74, 6) is 0.363. The lowest BCUT2D eigenvalue weighted by Gasteiger charge is -2.19. The molecule has 19 heavy (non-hydrogen) atoms. The minimum Gasteiger partial charge on any atom is -0.394 e. The summed E-state index contributed by atoms with van der Waals surface area (Å²) in [6, 6.07) is 5.86. The summed E-state index contributed by atoms with van der Waals surface area (Å²) in [6.45, 7) is 3.92. The predicted molar refractivity (Wildman–Crippen MR) is 71.8 cm³/mol. The van der Waals surface area contributed by atoms with Crippen LogP contribution < -0.4 is 5.32 Å². The van der Waals surface area contributed by atoms with Gasteiger partial charge in [0.2, 0.25) is 0 Å². The van der Waals surface area contributed by atoms with Crippen LogP contribution in [0.15, 0.2) is 18.2 Å². The van der Waals surface area contributed by atoms with Crippen molar-refractivity contribution in [1.29, 1.82) is 5.26 Å². The van der Waals surface area contributed by atoms with Crippen molar-refractivity contribution in [1.82, 2.24) is 0 Å². The molecule has 0 aliphatic carbocycles. The highest BCUT2D eigenvalue weighted by molar-refractivity contribution is 5.64. The second-order valence-corrected chi connectivity index (χ2v) is 4.75. The molecular weight excluding hydrogens is 246 g/mol. The van der Waals surface area contributed by atoms with Gasteiger partial charge in [0.25, 0.3) is 5.69 Å². The van der Waals surface area contributed by atoms with E-state index in [0.717, 1.165) is 0 Å². The lowest BCUT2D eigenvalue weighted by molar-refractivity contribution is -0.384. The van der Waals surface area contributed by atoms with Crippen LogP contribution in [0.25, 0.3) is 0 Å². The largest absolute Gasteiger partial charge is 0.394 e. The zero-order chi connectivity index (χ0) is 14.4. The highest BCUT2D eigenvalue weighted by Gasteiger charge is 2.18. The normalized spacial score (nSPS) is 11.9. The third kappa shape index (κ3) is 4.23. The molecule has 0 saturated carbocycles. The van der Waals surface area contributed by atoms with Crippen LogP contribution in [0.1, 0.15) is 25.8 Å². The predicted octanol–water partition coefficient (Wildman–Crippen LogP) is 2.29. The summed E-state index contributed by atoms with van der Waals surface area (Å²) < 4.78 is 0. The van der Waals surface area contributed by atoms with Crippen LogP contribution >= 0.6 is 0 Å². The zero-order valence-electron chi connectivity index (χ0n) is 11.0. The standard InChI is InChI=1S/C13H17N3O3/c1-9(2)5-11(8-17)15-12-4-3-10(7-14)6-13(12)16(18)19/h3-4,6,9,11,15,17H,5,8H2,1-2H3. The molecule has 0 fully saturated rings. The zero-order valence-corrected chi connectivity index (χ0v) is 11.0. The lowest BCUT2D eigenvalue weighted by atomic mass is 10.0. The van der Waals surface area contributed by atoms with E-state index in [1.165, 1.54) is 18.2 Å². The van der Waals surface area contributed by atoms with Crippen LogP contribution in [0.3, 0.4) is 0 Å². The second kappa shape index (κ2) is 6.71. The molecule has 1 rings (SSSR count). The van der Waals surface area contributed by atoms with Gasteiger partial charge in [-0.1, -0.05) is 13.8 Å². The van der Waals surface area contributed by atoms with Crippen molar-refractivity contribution in [2.75, 3.05) is 11.9 Å². The van der Waals surface area contributed by atoms with Gasteiger partial charge < -0.3 is 10.4 Å². The van der Waals surface area contributed by atoms with Crippen LogP contribution in [0, 0.1) is 27.4 Å². The van der Waals surface area contributed by atoms with Crippen molar-refractivity contribution in [3.63, 3.8) is 0 Å². The van der Waals surface area contributed by atoms with Crippen molar-refractivity contribution in [2.24, 2.45) is 5.92 Å². The van der Waals surface area contributed by atoms with Gasteiger partial charge in [0, 0.05) is 12.1 Å². The molecule has 0 saturated heterocycles. The molecule has 6 heteroatoms. The van der Waals surface area contributed by atoms with E-state index in [1.807, 2.05) is 19.9 Å². The fraction of sp³-hybridized carbons (Fsp3) is 0.462. The smallest absolute Gasteiger partial charge is 0.293 e. The van der Waals surface area contributed by atoms with E-state index < -0.39 is 4.92 Å². The molecule has 1 atom stereocenters. The van der Waals surface area contributed by atoms with Crippen molar-refractivity contribution in [2.45, 2.75) is 26.3 Å². The first-order chi connectivity index (χ1) is 8.97. The lowest BCUT2D eigenvalue weighted by Crippen LogP contribution is -2.26. The van der Waals surface area contributed by atoms with Crippen molar-refractivity contribution in [3.8, 4) is 6.07 Å². The van der Waals surface area contributed by atoms with Crippen molar-refractivity contribution >= 4 is 11.4 Å². The number of hydrogen-bond acceptors (Lipinski definition) is 5. The van der Waals surface area contributed by atoms with E-state index >= 15 is 0 Å².